The Morgan fingerprint density at radius 3 is 2.00 bits per heavy atom. The first-order chi connectivity index (χ1) is 8.35. The second-order valence-electron chi connectivity index (χ2n) is 4.97. The number of hydrogen-bond donors (Lipinski definition) is 0. The van der Waals surface area contributed by atoms with E-state index in [1.807, 2.05) is 13.8 Å². The summed E-state index contributed by atoms with van der Waals surface area (Å²) in [6.07, 6.45) is -2.36. The molecule has 0 aromatic heterocycles. The molecule has 18 heavy (non-hydrogen) atoms. The summed E-state index contributed by atoms with van der Waals surface area (Å²) in [4.78, 5) is 14.3. The molecule has 0 saturated carbocycles. The molecule has 106 valence electrons. The van der Waals surface area contributed by atoms with Gasteiger partial charge in [-0.3, -0.25) is 9.69 Å². The quantitative estimate of drug-likeness (QED) is 0.732. The maximum absolute atomic E-state index is 12.2. The standard InChI is InChI=1S/C13H22F3NO/c1-3-12(4-2,17-9-5-6-10-17)11(18)7-8-13(14,15)16/h3-10H2,1-2H3. The van der Waals surface area contributed by atoms with Gasteiger partial charge in [0.05, 0.1) is 12.0 Å². The Labute approximate surface area is 107 Å². The van der Waals surface area contributed by atoms with E-state index in [9.17, 15) is 18.0 Å². The Bertz CT molecular complexity index is 278. The zero-order valence-corrected chi connectivity index (χ0v) is 11.1. The number of ketones is 1. The summed E-state index contributed by atoms with van der Waals surface area (Å²) >= 11 is 0. The van der Waals surface area contributed by atoms with Gasteiger partial charge in [-0.2, -0.15) is 13.2 Å². The summed E-state index contributed by atoms with van der Waals surface area (Å²) in [5, 5.41) is 0. The van der Waals surface area contributed by atoms with Gasteiger partial charge in [0.15, 0.2) is 5.78 Å². The summed E-state index contributed by atoms with van der Waals surface area (Å²) in [5.74, 6) is -0.244. The maximum atomic E-state index is 12.2. The monoisotopic (exact) mass is 265 g/mol. The number of carbonyl (C=O) groups is 1. The number of rotatable bonds is 6. The minimum absolute atomic E-state index is 0.244. The van der Waals surface area contributed by atoms with Gasteiger partial charge in [-0.05, 0) is 38.8 Å². The largest absolute Gasteiger partial charge is 0.389 e. The van der Waals surface area contributed by atoms with Gasteiger partial charge >= 0.3 is 6.18 Å². The van der Waals surface area contributed by atoms with Crippen molar-refractivity contribution in [1.82, 2.24) is 4.90 Å². The molecule has 0 bridgehead atoms. The molecule has 0 spiro atoms. The molecule has 1 heterocycles. The molecule has 0 N–H and O–H groups in total. The van der Waals surface area contributed by atoms with Gasteiger partial charge in [-0.15, -0.1) is 0 Å². The Morgan fingerprint density at radius 1 is 1.11 bits per heavy atom. The topological polar surface area (TPSA) is 20.3 Å². The van der Waals surface area contributed by atoms with Crippen LogP contribution in [0.3, 0.4) is 0 Å². The Balaban J connectivity index is 2.73. The van der Waals surface area contributed by atoms with Crippen molar-refractivity contribution in [2.75, 3.05) is 13.1 Å². The van der Waals surface area contributed by atoms with E-state index in [0.717, 1.165) is 25.9 Å². The maximum Gasteiger partial charge on any atom is 0.389 e. The van der Waals surface area contributed by atoms with Crippen molar-refractivity contribution >= 4 is 5.78 Å². The molecule has 0 aliphatic carbocycles. The molecular formula is C13H22F3NO. The fourth-order valence-electron chi connectivity index (χ4n) is 2.90. The smallest absolute Gasteiger partial charge is 0.298 e. The van der Waals surface area contributed by atoms with Crippen molar-refractivity contribution in [3.63, 3.8) is 0 Å². The third kappa shape index (κ3) is 3.46. The highest BCUT2D eigenvalue weighted by molar-refractivity contribution is 5.88. The number of nitrogens with zero attached hydrogens (tertiary/aromatic N) is 1. The van der Waals surface area contributed by atoms with Crippen LogP contribution in [0.1, 0.15) is 52.4 Å². The van der Waals surface area contributed by atoms with E-state index < -0.39 is 18.1 Å². The molecule has 2 nitrogen and oxygen atoms in total. The molecule has 1 aliphatic rings. The number of halogens is 3. The number of likely N-dealkylation sites (tertiary alicyclic amines) is 1. The first-order valence-corrected chi connectivity index (χ1v) is 6.71. The fourth-order valence-corrected chi connectivity index (χ4v) is 2.90. The predicted molar refractivity (Wildman–Crippen MR) is 64.4 cm³/mol. The average Bonchev–Trinajstić information content (AvgIpc) is 2.82. The van der Waals surface area contributed by atoms with Gasteiger partial charge in [0.2, 0.25) is 0 Å². The van der Waals surface area contributed by atoms with Crippen molar-refractivity contribution in [1.29, 1.82) is 0 Å². The fraction of sp³-hybridized carbons (Fsp3) is 0.923. The predicted octanol–water partition coefficient (Wildman–Crippen LogP) is 3.55. The molecule has 0 radical (unpaired) electrons. The lowest BCUT2D eigenvalue weighted by atomic mass is 9.84. The van der Waals surface area contributed by atoms with E-state index >= 15 is 0 Å². The van der Waals surface area contributed by atoms with Gasteiger partial charge in [0.1, 0.15) is 0 Å². The van der Waals surface area contributed by atoms with Crippen LogP contribution in [0, 0.1) is 0 Å². The Morgan fingerprint density at radius 2 is 1.61 bits per heavy atom. The molecule has 0 amide bonds. The molecule has 1 fully saturated rings. The summed E-state index contributed by atoms with van der Waals surface area (Å²) < 4.78 is 36.7. The molecule has 1 rings (SSSR count). The van der Waals surface area contributed by atoms with E-state index in [1.165, 1.54) is 0 Å². The number of Topliss-reactive ketones (excluding diaryl/α,β-unsaturated/α-hetero) is 1. The van der Waals surface area contributed by atoms with Crippen LogP contribution in [-0.4, -0.2) is 35.5 Å². The van der Waals surface area contributed by atoms with Crippen LogP contribution >= 0.6 is 0 Å². The van der Waals surface area contributed by atoms with Gasteiger partial charge < -0.3 is 0 Å². The molecular weight excluding hydrogens is 243 g/mol. The van der Waals surface area contributed by atoms with E-state index in [-0.39, 0.29) is 12.2 Å². The molecule has 0 aromatic carbocycles. The van der Waals surface area contributed by atoms with Crippen LogP contribution in [-0.2, 0) is 4.79 Å². The summed E-state index contributed by atoms with van der Waals surface area (Å²) in [5.41, 5.74) is -0.665. The van der Waals surface area contributed by atoms with Crippen LogP contribution in [0.25, 0.3) is 0 Å². The second-order valence-corrected chi connectivity index (χ2v) is 4.97. The summed E-state index contributed by atoms with van der Waals surface area (Å²) in [6, 6.07) is 0. The zero-order valence-electron chi connectivity index (χ0n) is 11.1. The number of carbonyl (C=O) groups excluding carboxylic acids is 1. The van der Waals surface area contributed by atoms with Crippen LogP contribution in [0.2, 0.25) is 0 Å². The first kappa shape index (κ1) is 15.5. The minimum Gasteiger partial charge on any atom is -0.298 e. The Kier molecular flexibility index (Phi) is 5.20. The van der Waals surface area contributed by atoms with Gasteiger partial charge in [0, 0.05) is 6.42 Å². The third-order valence-electron chi connectivity index (χ3n) is 4.04. The van der Waals surface area contributed by atoms with Crippen molar-refractivity contribution < 1.29 is 18.0 Å². The number of hydrogen-bond acceptors (Lipinski definition) is 2. The van der Waals surface area contributed by atoms with E-state index in [2.05, 4.69) is 4.90 Å². The SMILES string of the molecule is CCC(CC)(C(=O)CCC(F)(F)F)N1CCCC1. The van der Waals surface area contributed by atoms with Crippen molar-refractivity contribution in [2.45, 2.75) is 64.1 Å². The zero-order chi connectivity index (χ0) is 13.8. The van der Waals surface area contributed by atoms with Crippen molar-refractivity contribution in [2.24, 2.45) is 0 Å². The molecule has 0 atom stereocenters. The van der Waals surface area contributed by atoms with Gasteiger partial charge in [0.25, 0.3) is 0 Å². The average molecular weight is 265 g/mol. The molecule has 0 aromatic rings. The summed E-state index contributed by atoms with van der Waals surface area (Å²) in [7, 11) is 0. The van der Waals surface area contributed by atoms with Crippen LogP contribution in [0.15, 0.2) is 0 Å². The van der Waals surface area contributed by atoms with Crippen LogP contribution < -0.4 is 0 Å². The highest BCUT2D eigenvalue weighted by Gasteiger charge is 2.42. The Hall–Kier alpha value is -0.580. The second kappa shape index (κ2) is 6.04. The third-order valence-corrected chi connectivity index (χ3v) is 4.04. The lowest BCUT2D eigenvalue weighted by Crippen LogP contribution is -2.52. The van der Waals surface area contributed by atoms with E-state index in [4.69, 9.17) is 0 Å². The highest BCUT2D eigenvalue weighted by Crippen LogP contribution is 2.32. The molecule has 1 aliphatic heterocycles. The molecule has 5 heteroatoms. The molecule has 0 unspecified atom stereocenters. The van der Waals surface area contributed by atoms with Gasteiger partial charge in [-0.1, -0.05) is 13.8 Å². The summed E-state index contributed by atoms with van der Waals surface area (Å²) in [6.45, 7) is 5.46. The lowest BCUT2D eigenvalue weighted by molar-refractivity contribution is -0.149. The van der Waals surface area contributed by atoms with E-state index in [1.54, 1.807) is 0 Å². The van der Waals surface area contributed by atoms with Crippen LogP contribution in [0.5, 0.6) is 0 Å². The number of alkyl halides is 3. The van der Waals surface area contributed by atoms with Crippen LogP contribution in [0.4, 0.5) is 13.2 Å². The highest BCUT2D eigenvalue weighted by atomic mass is 19.4. The van der Waals surface area contributed by atoms with Crippen molar-refractivity contribution in [3.8, 4) is 0 Å². The lowest BCUT2D eigenvalue weighted by Gasteiger charge is -2.39. The minimum atomic E-state index is -4.24. The first-order valence-electron chi connectivity index (χ1n) is 6.71. The van der Waals surface area contributed by atoms with Crippen molar-refractivity contribution in [3.05, 3.63) is 0 Å². The molecule has 1 saturated heterocycles. The normalized spacial score (nSPS) is 18.3. The van der Waals surface area contributed by atoms with Gasteiger partial charge in [-0.25, -0.2) is 0 Å². The van der Waals surface area contributed by atoms with E-state index in [0.29, 0.717) is 12.8 Å².